The Morgan fingerprint density at radius 2 is 1.58 bits per heavy atom. The van der Waals surface area contributed by atoms with Crippen molar-refractivity contribution < 1.29 is 9.47 Å². The van der Waals surface area contributed by atoms with Gasteiger partial charge in [-0.1, -0.05) is 12.2 Å². The summed E-state index contributed by atoms with van der Waals surface area (Å²) < 4.78 is 11.4. The second kappa shape index (κ2) is 3.56. The summed E-state index contributed by atoms with van der Waals surface area (Å²) in [6, 6.07) is 0. The predicted octanol–water partition coefficient (Wildman–Crippen LogP) is 0.669. The summed E-state index contributed by atoms with van der Waals surface area (Å²) >= 11 is 0. The van der Waals surface area contributed by atoms with Gasteiger partial charge in [0.05, 0.1) is 13.2 Å². The van der Waals surface area contributed by atoms with Crippen LogP contribution in [0.5, 0.6) is 0 Å². The minimum Gasteiger partial charge on any atom is -0.346 e. The number of nitrogens with one attached hydrogen (secondary N) is 1. The molecule has 1 N–H and O–H groups in total. The van der Waals surface area contributed by atoms with Gasteiger partial charge in [-0.3, -0.25) is 0 Å². The van der Waals surface area contributed by atoms with Gasteiger partial charge in [-0.05, 0) is 0 Å². The fourth-order valence-corrected chi connectivity index (χ4v) is 1.67. The molecule has 2 heterocycles. The average molecular weight is 169 g/mol. The predicted molar refractivity (Wildman–Crippen MR) is 45.9 cm³/mol. The zero-order valence-corrected chi connectivity index (χ0v) is 7.21. The van der Waals surface area contributed by atoms with Gasteiger partial charge in [-0.2, -0.15) is 0 Å². The van der Waals surface area contributed by atoms with E-state index in [0.717, 1.165) is 25.9 Å². The van der Waals surface area contributed by atoms with E-state index in [9.17, 15) is 0 Å². The lowest BCUT2D eigenvalue weighted by Crippen LogP contribution is -2.45. The largest absolute Gasteiger partial charge is 0.346 e. The van der Waals surface area contributed by atoms with Crippen LogP contribution in [0.3, 0.4) is 0 Å². The maximum absolute atomic E-state index is 5.68. The smallest absolute Gasteiger partial charge is 0.171 e. The third kappa shape index (κ3) is 1.68. The molecule has 2 rings (SSSR count). The lowest BCUT2D eigenvalue weighted by atomic mass is 10.1. The molecule has 3 nitrogen and oxygen atoms in total. The molecule has 0 aromatic rings. The molecule has 2 aliphatic heterocycles. The van der Waals surface area contributed by atoms with E-state index in [-0.39, 0.29) is 5.79 Å². The monoisotopic (exact) mass is 169 g/mol. The maximum atomic E-state index is 5.68. The fraction of sp³-hybridized carbons (Fsp3) is 0.778. The summed E-state index contributed by atoms with van der Waals surface area (Å²) in [5, 5.41) is 3.30. The molecule has 0 bridgehead atoms. The minimum absolute atomic E-state index is 0.283. The zero-order chi connectivity index (χ0) is 8.28. The van der Waals surface area contributed by atoms with Gasteiger partial charge in [-0.15, -0.1) is 0 Å². The molecular formula is C9H15NO2. The van der Waals surface area contributed by atoms with Gasteiger partial charge in [0.15, 0.2) is 5.79 Å². The first-order chi connectivity index (χ1) is 5.91. The van der Waals surface area contributed by atoms with Gasteiger partial charge in [0, 0.05) is 25.9 Å². The van der Waals surface area contributed by atoms with E-state index in [0.29, 0.717) is 13.2 Å². The maximum Gasteiger partial charge on any atom is 0.171 e. The van der Waals surface area contributed by atoms with Crippen LogP contribution >= 0.6 is 0 Å². The van der Waals surface area contributed by atoms with Crippen molar-refractivity contribution >= 4 is 0 Å². The molecular weight excluding hydrogens is 154 g/mol. The van der Waals surface area contributed by atoms with E-state index in [2.05, 4.69) is 5.32 Å². The molecule has 0 saturated carbocycles. The molecule has 0 amide bonds. The Hall–Kier alpha value is -0.380. The zero-order valence-electron chi connectivity index (χ0n) is 7.21. The van der Waals surface area contributed by atoms with E-state index in [4.69, 9.17) is 9.47 Å². The Bertz CT molecular complexity index is 161. The van der Waals surface area contributed by atoms with Crippen LogP contribution in [-0.2, 0) is 9.47 Å². The van der Waals surface area contributed by atoms with Crippen molar-refractivity contribution in [3.05, 3.63) is 12.2 Å². The quantitative estimate of drug-likeness (QED) is 0.541. The fourth-order valence-electron chi connectivity index (χ4n) is 1.67. The highest BCUT2D eigenvalue weighted by Crippen LogP contribution is 2.25. The molecule has 1 spiro atoms. The second-order valence-electron chi connectivity index (χ2n) is 3.25. The van der Waals surface area contributed by atoms with E-state index in [1.807, 2.05) is 12.2 Å². The highest BCUT2D eigenvalue weighted by Gasteiger charge is 2.33. The molecule has 0 unspecified atom stereocenters. The molecule has 1 fully saturated rings. The number of piperidine rings is 1. The van der Waals surface area contributed by atoms with Crippen LogP contribution in [0, 0.1) is 0 Å². The molecule has 0 radical (unpaired) electrons. The Morgan fingerprint density at radius 1 is 1.00 bits per heavy atom. The van der Waals surface area contributed by atoms with E-state index in [1.54, 1.807) is 0 Å². The van der Waals surface area contributed by atoms with Crippen LogP contribution in [0.4, 0.5) is 0 Å². The Kier molecular flexibility index (Phi) is 2.44. The molecule has 2 aliphatic rings. The highest BCUT2D eigenvalue weighted by atomic mass is 16.7. The molecule has 0 aromatic heterocycles. The first-order valence-electron chi connectivity index (χ1n) is 4.55. The van der Waals surface area contributed by atoms with Crippen LogP contribution < -0.4 is 5.32 Å². The van der Waals surface area contributed by atoms with Crippen molar-refractivity contribution in [1.82, 2.24) is 5.32 Å². The Morgan fingerprint density at radius 3 is 2.17 bits per heavy atom. The summed E-state index contributed by atoms with van der Waals surface area (Å²) in [5.41, 5.74) is 0. The first-order valence-corrected chi connectivity index (χ1v) is 4.55. The van der Waals surface area contributed by atoms with Gasteiger partial charge in [0.2, 0.25) is 0 Å². The number of hydrogen-bond acceptors (Lipinski definition) is 3. The SMILES string of the molecule is C1=CCOC2(CCNCC2)OC1. The lowest BCUT2D eigenvalue weighted by Gasteiger charge is -2.35. The van der Waals surface area contributed by atoms with Gasteiger partial charge in [0.1, 0.15) is 0 Å². The normalized spacial score (nSPS) is 28.7. The van der Waals surface area contributed by atoms with Crippen molar-refractivity contribution in [3.8, 4) is 0 Å². The Balaban J connectivity index is 1.98. The van der Waals surface area contributed by atoms with E-state index in [1.165, 1.54) is 0 Å². The molecule has 12 heavy (non-hydrogen) atoms. The van der Waals surface area contributed by atoms with Gasteiger partial charge < -0.3 is 14.8 Å². The first kappa shape index (κ1) is 8.23. The van der Waals surface area contributed by atoms with Gasteiger partial charge in [-0.25, -0.2) is 0 Å². The van der Waals surface area contributed by atoms with Crippen molar-refractivity contribution in [2.45, 2.75) is 18.6 Å². The number of hydrogen-bond donors (Lipinski definition) is 1. The van der Waals surface area contributed by atoms with E-state index < -0.39 is 0 Å². The Labute approximate surface area is 72.7 Å². The standard InChI is InChI=1S/C9H15NO2/c1-2-8-12-9(11-7-1)3-5-10-6-4-9/h1-2,10H,3-8H2. The molecule has 0 aliphatic carbocycles. The average Bonchev–Trinajstić information content (AvgIpc) is 2.33. The van der Waals surface area contributed by atoms with Crippen molar-refractivity contribution in [2.24, 2.45) is 0 Å². The third-order valence-corrected chi connectivity index (χ3v) is 2.42. The summed E-state index contributed by atoms with van der Waals surface area (Å²) in [6.45, 7) is 3.39. The molecule has 0 atom stereocenters. The van der Waals surface area contributed by atoms with Crippen LogP contribution in [0.15, 0.2) is 12.2 Å². The minimum atomic E-state index is -0.283. The molecule has 68 valence electrons. The lowest BCUT2D eigenvalue weighted by molar-refractivity contribution is -0.234. The topological polar surface area (TPSA) is 30.5 Å². The third-order valence-electron chi connectivity index (χ3n) is 2.42. The number of ether oxygens (including phenoxy) is 2. The van der Waals surface area contributed by atoms with Crippen LogP contribution in [0.25, 0.3) is 0 Å². The highest BCUT2D eigenvalue weighted by molar-refractivity contribution is 4.88. The molecule has 3 heteroatoms. The van der Waals surface area contributed by atoms with Crippen LogP contribution in [0.2, 0.25) is 0 Å². The van der Waals surface area contributed by atoms with Crippen molar-refractivity contribution in [1.29, 1.82) is 0 Å². The summed E-state index contributed by atoms with van der Waals surface area (Å²) in [4.78, 5) is 0. The van der Waals surface area contributed by atoms with Crippen molar-refractivity contribution in [3.63, 3.8) is 0 Å². The van der Waals surface area contributed by atoms with Gasteiger partial charge >= 0.3 is 0 Å². The van der Waals surface area contributed by atoms with Crippen LogP contribution in [-0.4, -0.2) is 32.1 Å². The second-order valence-corrected chi connectivity index (χ2v) is 3.25. The van der Waals surface area contributed by atoms with Gasteiger partial charge in [0.25, 0.3) is 0 Å². The molecule has 1 saturated heterocycles. The van der Waals surface area contributed by atoms with Crippen molar-refractivity contribution in [2.75, 3.05) is 26.3 Å². The summed E-state index contributed by atoms with van der Waals surface area (Å²) in [6.07, 6.45) is 5.98. The molecule has 0 aromatic carbocycles. The van der Waals surface area contributed by atoms with Crippen LogP contribution in [0.1, 0.15) is 12.8 Å². The van der Waals surface area contributed by atoms with E-state index >= 15 is 0 Å². The summed E-state index contributed by atoms with van der Waals surface area (Å²) in [7, 11) is 0. The number of rotatable bonds is 0. The summed E-state index contributed by atoms with van der Waals surface area (Å²) in [5.74, 6) is -0.283.